The predicted octanol–water partition coefficient (Wildman–Crippen LogP) is 1.66. The van der Waals surface area contributed by atoms with Crippen LogP contribution in [-0.2, 0) is 24.9 Å². The lowest BCUT2D eigenvalue weighted by atomic mass is 10.0. The van der Waals surface area contributed by atoms with Crippen LogP contribution in [0.3, 0.4) is 0 Å². The van der Waals surface area contributed by atoms with Crippen molar-refractivity contribution in [1.82, 2.24) is 24.2 Å². The third-order valence-corrected chi connectivity index (χ3v) is 5.23. The fourth-order valence-corrected chi connectivity index (χ4v) is 3.63. The molecule has 0 aromatic carbocycles. The zero-order valence-corrected chi connectivity index (χ0v) is 17.0. The molecule has 0 saturated carbocycles. The van der Waals surface area contributed by atoms with E-state index < -0.39 is 0 Å². The quantitative estimate of drug-likeness (QED) is 0.594. The fourth-order valence-electron chi connectivity index (χ4n) is 3.63. The molecular formula is C21H24N6O3. The van der Waals surface area contributed by atoms with Gasteiger partial charge in [-0.2, -0.15) is 5.10 Å². The third kappa shape index (κ3) is 4.03. The van der Waals surface area contributed by atoms with Crippen LogP contribution in [0.15, 0.2) is 41.6 Å². The van der Waals surface area contributed by atoms with Gasteiger partial charge in [-0.05, 0) is 12.1 Å². The van der Waals surface area contributed by atoms with Crippen LogP contribution in [0.5, 0.6) is 0 Å². The topological polar surface area (TPSA) is 94.3 Å². The van der Waals surface area contributed by atoms with Gasteiger partial charge in [-0.1, -0.05) is 0 Å². The van der Waals surface area contributed by atoms with Crippen LogP contribution in [0.2, 0.25) is 0 Å². The minimum atomic E-state index is -0.178. The fraction of sp³-hybridized carbons (Fsp3) is 0.333. The summed E-state index contributed by atoms with van der Waals surface area (Å²) >= 11 is 0. The standard InChI is InChI=1S/C21H24N6O3/c1-25-12-16(18-11-22-4-3-15(18)14-28)9-19(21(25)29)23-20-10-17-13-26(7-8-30-2)5-6-27(17)24-20/h3-4,9-12,14H,5-8,13H2,1-2H3,(H,23,24). The maximum absolute atomic E-state index is 12.7. The van der Waals surface area contributed by atoms with Gasteiger partial charge in [0.25, 0.3) is 5.56 Å². The van der Waals surface area contributed by atoms with E-state index in [1.165, 1.54) is 4.57 Å². The number of nitrogens with zero attached hydrogens (tertiary/aromatic N) is 5. The van der Waals surface area contributed by atoms with Crippen molar-refractivity contribution in [3.8, 4) is 11.1 Å². The van der Waals surface area contributed by atoms with Gasteiger partial charge in [0.1, 0.15) is 5.69 Å². The number of fused-ring (bicyclic) bond motifs is 1. The van der Waals surface area contributed by atoms with Crippen molar-refractivity contribution in [2.75, 3.05) is 32.1 Å². The summed E-state index contributed by atoms with van der Waals surface area (Å²) in [5, 5.41) is 7.76. The largest absolute Gasteiger partial charge is 0.383 e. The molecule has 0 unspecified atom stereocenters. The number of methoxy groups -OCH3 is 1. The Morgan fingerprint density at radius 1 is 1.30 bits per heavy atom. The van der Waals surface area contributed by atoms with Gasteiger partial charge in [0.15, 0.2) is 12.1 Å². The molecular weight excluding hydrogens is 384 g/mol. The summed E-state index contributed by atoms with van der Waals surface area (Å²) in [6, 6.07) is 5.35. The lowest BCUT2D eigenvalue weighted by Crippen LogP contribution is -2.35. The van der Waals surface area contributed by atoms with Crippen molar-refractivity contribution in [2.24, 2.45) is 7.05 Å². The van der Waals surface area contributed by atoms with E-state index in [1.54, 1.807) is 44.9 Å². The van der Waals surface area contributed by atoms with Gasteiger partial charge in [-0.15, -0.1) is 0 Å². The SMILES string of the molecule is COCCN1CCn2nc(Nc3cc(-c4cnccc4C=O)cn(C)c3=O)cc2C1. The van der Waals surface area contributed by atoms with E-state index in [4.69, 9.17) is 4.74 Å². The molecule has 0 atom stereocenters. The summed E-state index contributed by atoms with van der Waals surface area (Å²) in [5.74, 6) is 0.620. The molecule has 0 aliphatic carbocycles. The van der Waals surface area contributed by atoms with E-state index in [-0.39, 0.29) is 5.56 Å². The van der Waals surface area contributed by atoms with E-state index >= 15 is 0 Å². The average Bonchev–Trinajstić information content (AvgIpc) is 3.16. The number of aromatic nitrogens is 4. The molecule has 9 heteroatoms. The van der Waals surface area contributed by atoms with Crippen molar-refractivity contribution < 1.29 is 9.53 Å². The Morgan fingerprint density at radius 3 is 2.97 bits per heavy atom. The number of hydrogen-bond donors (Lipinski definition) is 1. The summed E-state index contributed by atoms with van der Waals surface area (Å²) in [7, 11) is 3.38. The number of ether oxygens (including phenoxy) is 1. The zero-order chi connectivity index (χ0) is 21.1. The predicted molar refractivity (Wildman–Crippen MR) is 113 cm³/mol. The average molecular weight is 408 g/mol. The highest BCUT2D eigenvalue weighted by Crippen LogP contribution is 2.25. The molecule has 1 aliphatic heterocycles. The molecule has 1 aliphatic rings. The van der Waals surface area contributed by atoms with Gasteiger partial charge in [0.2, 0.25) is 0 Å². The van der Waals surface area contributed by atoms with Gasteiger partial charge in [0.05, 0.1) is 18.8 Å². The Labute approximate surface area is 173 Å². The Balaban J connectivity index is 1.62. The Kier molecular flexibility index (Phi) is 5.73. The number of pyridine rings is 2. The zero-order valence-electron chi connectivity index (χ0n) is 17.0. The number of aryl methyl sites for hydroxylation is 1. The smallest absolute Gasteiger partial charge is 0.274 e. The highest BCUT2D eigenvalue weighted by Gasteiger charge is 2.19. The number of nitrogens with one attached hydrogen (secondary N) is 1. The number of carbonyl (C=O) groups excluding carboxylic acids is 1. The molecule has 3 aromatic heterocycles. The third-order valence-electron chi connectivity index (χ3n) is 5.23. The molecule has 0 spiro atoms. The summed E-state index contributed by atoms with van der Waals surface area (Å²) < 4.78 is 8.62. The van der Waals surface area contributed by atoms with Crippen molar-refractivity contribution in [3.05, 3.63) is 58.4 Å². The number of carbonyl (C=O) groups is 1. The molecule has 4 rings (SSSR count). The molecule has 0 amide bonds. The second-order valence-corrected chi connectivity index (χ2v) is 7.28. The molecule has 4 heterocycles. The van der Waals surface area contributed by atoms with E-state index in [1.807, 2.05) is 10.7 Å². The second kappa shape index (κ2) is 8.60. The Morgan fingerprint density at radius 2 is 2.17 bits per heavy atom. The first-order valence-corrected chi connectivity index (χ1v) is 9.74. The van der Waals surface area contributed by atoms with Crippen LogP contribution in [0, 0.1) is 0 Å². The molecule has 1 N–H and O–H groups in total. The monoisotopic (exact) mass is 408 g/mol. The first-order chi connectivity index (χ1) is 14.6. The number of aldehydes is 1. The number of hydrogen-bond acceptors (Lipinski definition) is 7. The van der Waals surface area contributed by atoms with Crippen molar-refractivity contribution >= 4 is 17.8 Å². The second-order valence-electron chi connectivity index (χ2n) is 7.28. The van der Waals surface area contributed by atoms with Crippen LogP contribution < -0.4 is 10.9 Å². The van der Waals surface area contributed by atoms with Gasteiger partial charge < -0.3 is 14.6 Å². The van der Waals surface area contributed by atoms with Crippen LogP contribution >= 0.6 is 0 Å². The highest BCUT2D eigenvalue weighted by atomic mass is 16.5. The van der Waals surface area contributed by atoms with E-state index in [0.29, 0.717) is 29.2 Å². The molecule has 0 radical (unpaired) electrons. The molecule has 0 saturated heterocycles. The number of anilines is 2. The van der Waals surface area contributed by atoms with Gasteiger partial charge in [-0.3, -0.25) is 24.2 Å². The van der Waals surface area contributed by atoms with E-state index in [2.05, 4.69) is 20.3 Å². The van der Waals surface area contributed by atoms with Gasteiger partial charge >= 0.3 is 0 Å². The normalized spacial score (nSPS) is 13.8. The van der Waals surface area contributed by atoms with Crippen molar-refractivity contribution in [1.29, 1.82) is 0 Å². The first kappa shape index (κ1) is 20.0. The molecule has 0 fully saturated rings. The summed E-state index contributed by atoms with van der Waals surface area (Å²) in [4.78, 5) is 30.5. The van der Waals surface area contributed by atoms with E-state index in [9.17, 15) is 9.59 Å². The Bertz CT molecular complexity index is 1120. The molecule has 156 valence electrons. The highest BCUT2D eigenvalue weighted by molar-refractivity contribution is 5.87. The molecule has 3 aromatic rings. The van der Waals surface area contributed by atoms with Crippen molar-refractivity contribution in [3.63, 3.8) is 0 Å². The minimum Gasteiger partial charge on any atom is -0.383 e. The van der Waals surface area contributed by atoms with Crippen LogP contribution in [-0.4, -0.2) is 57.3 Å². The van der Waals surface area contributed by atoms with Crippen LogP contribution in [0.1, 0.15) is 16.1 Å². The minimum absolute atomic E-state index is 0.178. The summed E-state index contributed by atoms with van der Waals surface area (Å²) in [6.07, 6.45) is 5.68. The lowest BCUT2D eigenvalue weighted by Gasteiger charge is -2.26. The molecule has 9 nitrogen and oxygen atoms in total. The first-order valence-electron chi connectivity index (χ1n) is 9.74. The molecule has 30 heavy (non-hydrogen) atoms. The van der Waals surface area contributed by atoms with Gasteiger partial charge in [0, 0.05) is 75.1 Å². The molecule has 0 bridgehead atoms. The van der Waals surface area contributed by atoms with Crippen molar-refractivity contribution in [2.45, 2.75) is 13.1 Å². The van der Waals surface area contributed by atoms with E-state index in [0.717, 1.165) is 43.7 Å². The van der Waals surface area contributed by atoms with Crippen LogP contribution in [0.4, 0.5) is 11.5 Å². The lowest BCUT2D eigenvalue weighted by molar-refractivity contribution is 0.112. The Hall–Kier alpha value is -3.30. The van der Waals surface area contributed by atoms with Gasteiger partial charge in [-0.25, -0.2) is 0 Å². The maximum Gasteiger partial charge on any atom is 0.274 e. The number of rotatable bonds is 7. The summed E-state index contributed by atoms with van der Waals surface area (Å²) in [6.45, 7) is 4.05. The maximum atomic E-state index is 12.7. The summed E-state index contributed by atoms with van der Waals surface area (Å²) in [5.41, 5.74) is 3.21. The van der Waals surface area contributed by atoms with Crippen LogP contribution in [0.25, 0.3) is 11.1 Å².